The Bertz CT molecular complexity index is 1010. The Morgan fingerprint density at radius 3 is 2.50 bits per heavy atom. The predicted octanol–water partition coefficient (Wildman–Crippen LogP) is 3.87. The summed E-state index contributed by atoms with van der Waals surface area (Å²) < 4.78 is 7.46. The predicted molar refractivity (Wildman–Crippen MR) is 97.7 cm³/mol. The first-order valence-electron chi connectivity index (χ1n) is 8.39. The fourth-order valence-electron chi connectivity index (χ4n) is 2.86. The lowest BCUT2D eigenvalue weighted by atomic mass is 10.0. The van der Waals surface area contributed by atoms with Gasteiger partial charge < -0.3 is 4.74 Å². The minimum atomic E-state index is -0.375. The molecular weight excluding hydrogens is 326 g/mol. The van der Waals surface area contributed by atoms with Crippen LogP contribution in [0.5, 0.6) is 0 Å². The van der Waals surface area contributed by atoms with E-state index in [1.54, 1.807) is 22.8 Å². The number of fused-ring (bicyclic) bond motifs is 1. The van der Waals surface area contributed by atoms with Crippen molar-refractivity contribution < 1.29 is 9.53 Å². The van der Waals surface area contributed by atoms with E-state index in [0.29, 0.717) is 17.6 Å². The molecule has 26 heavy (non-hydrogen) atoms. The number of aromatic nitrogens is 3. The van der Waals surface area contributed by atoms with Gasteiger partial charge in [-0.25, -0.2) is 14.3 Å². The Morgan fingerprint density at radius 1 is 1.00 bits per heavy atom. The van der Waals surface area contributed by atoms with Gasteiger partial charge in [0, 0.05) is 12.6 Å². The molecule has 2 aromatic carbocycles. The number of carbonyl (C=O) groups excluding carboxylic acids is 1. The van der Waals surface area contributed by atoms with Crippen molar-refractivity contribution in [3.63, 3.8) is 0 Å². The van der Waals surface area contributed by atoms with Gasteiger partial charge in [0.05, 0.1) is 5.56 Å². The van der Waals surface area contributed by atoms with Crippen molar-refractivity contribution >= 4 is 11.6 Å². The molecule has 0 bridgehead atoms. The average molecular weight is 343 g/mol. The van der Waals surface area contributed by atoms with E-state index in [2.05, 4.69) is 10.1 Å². The smallest absolute Gasteiger partial charge is 0.338 e. The standard InChI is InChI=1S/C21H17N3O2/c25-21(18-11-12-24-20(14-18)22-15-23-24)26-19(17-9-5-2-6-10-17)13-16-7-3-1-4-8-16/h1-12,14-15,19H,13H2. The van der Waals surface area contributed by atoms with E-state index in [4.69, 9.17) is 4.74 Å². The maximum atomic E-state index is 12.7. The maximum absolute atomic E-state index is 12.7. The third-order valence-electron chi connectivity index (χ3n) is 4.20. The molecule has 0 aliphatic carbocycles. The number of hydrogen-bond acceptors (Lipinski definition) is 4. The molecule has 5 heteroatoms. The SMILES string of the molecule is O=C(OC(Cc1ccccc1)c1ccccc1)c1ccn2ncnc2c1. The molecule has 0 saturated heterocycles. The Balaban J connectivity index is 1.60. The summed E-state index contributed by atoms with van der Waals surface area (Å²) in [5.41, 5.74) is 3.15. The van der Waals surface area contributed by atoms with Gasteiger partial charge in [-0.3, -0.25) is 0 Å². The lowest BCUT2D eigenvalue weighted by molar-refractivity contribution is 0.0297. The van der Waals surface area contributed by atoms with Crippen LogP contribution in [0.1, 0.15) is 27.6 Å². The number of benzene rings is 2. The molecule has 0 amide bonds. The van der Waals surface area contributed by atoms with Crippen molar-refractivity contribution in [2.24, 2.45) is 0 Å². The number of rotatable bonds is 5. The molecule has 4 rings (SSSR count). The van der Waals surface area contributed by atoms with Crippen LogP contribution in [-0.4, -0.2) is 20.6 Å². The summed E-state index contributed by atoms with van der Waals surface area (Å²) in [7, 11) is 0. The molecule has 0 radical (unpaired) electrons. The van der Waals surface area contributed by atoms with Gasteiger partial charge >= 0.3 is 5.97 Å². The minimum absolute atomic E-state index is 0.361. The Labute approximate surface area is 150 Å². The summed E-state index contributed by atoms with van der Waals surface area (Å²) in [6.45, 7) is 0. The number of hydrogen-bond donors (Lipinski definition) is 0. The van der Waals surface area contributed by atoms with Gasteiger partial charge in [-0.15, -0.1) is 0 Å². The molecule has 1 unspecified atom stereocenters. The highest BCUT2D eigenvalue weighted by molar-refractivity contribution is 5.90. The van der Waals surface area contributed by atoms with E-state index in [1.165, 1.54) is 6.33 Å². The second kappa shape index (κ2) is 7.19. The zero-order chi connectivity index (χ0) is 17.8. The summed E-state index contributed by atoms with van der Waals surface area (Å²) in [6, 6.07) is 23.2. The molecule has 2 aromatic heterocycles. The third kappa shape index (κ3) is 3.47. The molecular formula is C21H17N3O2. The lowest BCUT2D eigenvalue weighted by Crippen LogP contribution is -2.14. The second-order valence-electron chi connectivity index (χ2n) is 5.97. The summed E-state index contributed by atoms with van der Waals surface area (Å²) in [6.07, 6.45) is 3.41. The number of pyridine rings is 1. The summed E-state index contributed by atoms with van der Waals surface area (Å²) in [4.78, 5) is 16.8. The summed E-state index contributed by atoms with van der Waals surface area (Å²) >= 11 is 0. The normalized spacial score (nSPS) is 12.0. The molecule has 0 aliphatic rings. The van der Waals surface area contributed by atoms with Crippen molar-refractivity contribution in [1.82, 2.24) is 14.6 Å². The monoisotopic (exact) mass is 343 g/mol. The van der Waals surface area contributed by atoms with Crippen LogP contribution in [0.4, 0.5) is 0 Å². The minimum Gasteiger partial charge on any atom is -0.454 e. The van der Waals surface area contributed by atoms with E-state index in [-0.39, 0.29) is 12.1 Å². The van der Waals surface area contributed by atoms with Crippen LogP contribution >= 0.6 is 0 Å². The molecule has 2 heterocycles. The first kappa shape index (κ1) is 16.0. The Hall–Kier alpha value is -3.47. The number of nitrogens with zero attached hydrogens (tertiary/aromatic N) is 3. The van der Waals surface area contributed by atoms with Gasteiger partial charge in [0.1, 0.15) is 12.4 Å². The van der Waals surface area contributed by atoms with Crippen LogP contribution in [0.15, 0.2) is 85.3 Å². The quantitative estimate of drug-likeness (QED) is 0.516. The summed E-state index contributed by atoms with van der Waals surface area (Å²) in [5.74, 6) is -0.375. The lowest BCUT2D eigenvalue weighted by Gasteiger charge is -2.18. The zero-order valence-corrected chi connectivity index (χ0v) is 14.0. The van der Waals surface area contributed by atoms with Gasteiger partial charge in [0.15, 0.2) is 5.65 Å². The van der Waals surface area contributed by atoms with Crippen LogP contribution in [0.25, 0.3) is 5.65 Å². The molecule has 1 atom stereocenters. The van der Waals surface area contributed by atoms with Crippen LogP contribution in [0, 0.1) is 0 Å². The molecule has 0 fully saturated rings. The van der Waals surface area contributed by atoms with E-state index in [1.807, 2.05) is 60.7 Å². The van der Waals surface area contributed by atoms with Crippen LogP contribution in [-0.2, 0) is 11.2 Å². The number of esters is 1. The molecule has 5 nitrogen and oxygen atoms in total. The van der Waals surface area contributed by atoms with Crippen LogP contribution < -0.4 is 0 Å². The maximum Gasteiger partial charge on any atom is 0.338 e. The van der Waals surface area contributed by atoms with Crippen molar-refractivity contribution in [3.8, 4) is 0 Å². The van der Waals surface area contributed by atoms with Crippen molar-refractivity contribution in [2.45, 2.75) is 12.5 Å². The second-order valence-corrected chi connectivity index (χ2v) is 5.97. The van der Waals surface area contributed by atoms with Gasteiger partial charge in [-0.1, -0.05) is 60.7 Å². The fraction of sp³-hybridized carbons (Fsp3) is 0.0952. The number of carbonyl (C=O) groups is 1. The van der Waals surface area contributed by atoms with Gasteiger partial charge in [-0.05, 0) is 23.3 Å². The average Bonchev–Trinajstić information content (AvgIpc) is 3.17. The van der Waals surface area contributed by atoms with Crippen LogP contribution in [0.2, 0.25) is 0 Å². The Kier molecular flexibility index (Phi) is 4.43. The Morgan fingerprint density at radius 2 is 1.73 bits per heavy atom. The van der Waals surface area contributed by atoms with E-state index < -0.39 is 0 Å². The van der Waals surface area contributed by atoms with Crippen LogP contribution in [0.3, 0.4) is 0 Å². The van der Waals surface area contributed by atoms with E-state index in [0.717, 1.165) is 11.1 Å². The van der Waals surface area contributed by atoms with Gasteiger partial charge in [-0.2, -0.15) is 5.10 Å². The van der Waals surface area contributed by atoms with Gasteiger partial charge in [0.2, 0.25) is 0 Å². The van der Waals surface area contributed by atoms with E-state index in [9.17, 15) is 4.79 Å². The molecule has 0 spiro atoms. The fourth-order valence-corrected chi connectivity index (χ4v) is 2.86. The summed E-state index contributed by atoms with van der Waals surface area (Å²) in [5, 5.41) is 4.04. The van der Waals surface area contributed by atoms with Crippen molar-refractivity contribution in [3.05, 3.63) is 102 Å². The first-order chi connectivity index (χ1) is 12.8. The number of ether oxygens (including phenoxy) is 1. The zero-order valence-electron chi connectivity index (χ0n) is 14.0. The van der Waals surface area contributed by atoms with E-state index >= 15 is 0 Å². The topological polar surface area (TPSA) is 56.5 Å². The van der Waals surface area contributed by atoms with Gasteiger partial charge in [0.25, 0.3) is 0 Å². The molecule has 128 valence electrons. The molecule has 4 aromatic rings. The molecule has 0 saturated carbocycles. The molecule has 0 N–H and O–H groups in total. The highest BCUT2D eigenvalue weighted by Gasteiger charge is 2.19. The molecule has 0 aliphatic heterocycles. The van der Waals surface area contributed by atoms with Crippen molar-refractivity contribution in [2.75, 3.05) is 0 Å². The van der Waals surface area contributed by atoms with Crippen molar-refractivity contribution in [1.29, 1.82) is 0 Å². The highest BCUT2D eigenvalue weighted by Crippen LogP contribution is 2.24. The largest absolute Gasteiger partial charge is 0.454 e. The highest BCUT2D eigenvalue weighted by atomic mass is 16.5. The third-order valence-corrected chi connectivity index (χ3v) is 4.20. The first-order valence-corrected chi connectivity index (χ1v) is 8.39.